The van der Waals surface area contributed by atoms with Crippen LogP contribution in [0.5, 0.6) is 17.2 Å². The molecule has 3 heterocycles. The first kappa shape index (κ1) is 43.6. The molecule has 0 bridgehead atoms. The summed E-state index contributed by atoms with van der Waals surface area (Å²) in [4.78, 5) is 69.4. The summed E-state index contributed by atoms with van der Waals surface area (Å²) in [6.45, 7) is 3.24. The zero-order valence-electron chi connectivity index (χ0n) is 34.7. The fraction of sp³-hybridized carbons (Fsp3) is 0.289. The van der Waals surface area contributed by atoms with Crippen molar-refractivity contribution in [2.24, 2.45) is 5.92 Å². The minimum atomic E-state index is -1.27. The number of hydrogen-bond donors (Lipinski definition) is 2. The summed E-state index contributed by atoms with van der Waals surface area (Å²) in [6, 6.07) is 29.4. The van der Waals surface area contributed by atoms with E-state index in [2.05, 4.69) is 20.4 Å². The number of nitrogens with one attached hydrogen (secondary N) is 2. The summed E-state index contributed by atoms with van der Waals surface area (Å²) in [6.07, 6.45) is -2.25. The Morgan fingerprint density at radius 2 is 1.46 bits per heavy atom. The molecule has 0 spiro atoms. The number of anilines is 1. The molecular weight excluding hydrogens is 817 g/mol. The van der Waals surface area contributed by atoms with Gasteiger partial charge < -0.3 is 28.4 Å². The summed E-state index contributed by atoms with van der Waals surface area (Å²) in [7, 11) is 3.15. The number of H-pyrrole nitrogens is 1. The average Bonchev–Trinajstić information content (AvgIpc) is 3.90. The Labute approximate surface area is 360 Å². The van der Waals surface area contributed by atoms with Crippen molar-refractivity contribution in [3.8, 4) is 17.2 Å². The smallest absolute Gasteiger partial charge is 0.311 e. The van der Waals surface area contributed by atoms with Crippen LogP contribution in [0.15, 0.2) is 114 Å². The maximum Gasteiger partial charge on any atom is 0.311 e. The molecule has 0 radical (unpaired) electrons. The van der Waals surface area contributed by atoms with Gasteiger partial charge in [0.15, 0.2) is 11.9 Å². The predicted octanol–water partition coefficient (Wildman–Crippen LogP) is 6.23. The van der Waals surface area contributed by atoms with Crippen molar-refractivity contribution in [3.63, 3.8) is 0 Å². The molecule has 1 fully saturated rings. The van der Waals surface area contributed by atoms with Crippen LogP contribution >= 0.6 is 0 Å². The summed E-state index contributed by atoms with van der Waals surface area (Å²) in [5.74, 6) is -1.00. The topological polar surface area (TPSA) is 225 Å². The van der Waals surface area contributed by atoms with E-state index in [-0.39, 0.29) is 60.2 Å². The van der Waals surface area contributed by atoms with Crippen LogP contribution in [0.25, 0.3) is 11.0 Å². The molecule has 3 atom stereocenters. The van der Waals surface area contributed by atoms with E-state index in [9.17, 15) is 29.3 Å². The number of hydrogen-bond acceptors (Lipinski definition) is 14. The van der Waals surface area contributed by atoms with Crippen molar-refractivity contribution in [3.05, 3.63) is 146 Å². The van der Waals surface area contributed by atoms with Crippen molar-refractivity contribution < 1.29 is 47.7 Å². The number of benzene rings is 4. The third-order valence-corrected chi connectivity index (χ3v) is 10.4. The minimum absolute atomic E-state index is 0.0232. The van der Waals surface area contributed by atoms with Gasteiger partial charge in [-0.25, -0.2) is 4.68 Å². The number of esters is 2. The molecule has 18 nitrogen and oxygen atoms in total. The lowest BCUT2D eigenvalue weighted by Gasteiger charge is -2.37. The fourth-order valence-corrected chi connectivity index (χ4v) is 7.12. The van der Waals surface area contributed by atoms with E-state index in [1.165, 1.54) is 35.1 Å². The van der Waals surface area contributed by atoms with Gasteiger partial charge in [0.05, 0.1) is 44.8 Å². The third kappa shape index (κ3) is 9.71. The lowest BCUT2D eigenvalue weighted by atomic mass is 9.80. The highest BCUT2D eigenvalue weighted by Crippen LogP contribution is 2.43. The molecule has 18 heteroatoms. The highest BCUT2D eigenvalue weighted by Gasteiger charge is 2.44. The van der Waals surface area contributed by atoms with Gasteiger partial charge in [-0.15, -0.1) is 0 Å². The Bertz CT molecular complexity index is 2580. The van der Waals surface area contributed by atoms with Crippen LogP contribution in [0, 0.1) is 16.0 Å². The SMILES string of the molecule is COc1ccc(C(OC[C@H]2O[C@@H](n3ncc4c(=O)[nH]c(NC(=O)C(C)C)nc43)C[C@@H]2OC(=O)CCC(=O)Oc2ccc([N+](=O)[O-])cc2)(c2ccccc2)c2ccc(OC)cc2)cc1. The lowest BCUT2D eigenvalue weighted by Crippen LogP contribution is -2.39. The molecule has 1 aliphatic heterocycles. The number of non-ortho nitro benzene ring substituents is 1. The Balaban J connectivity index is 1.20. The van der Waals surface area contributed by atoms with Gasteiger partial charge in [-0.2, -0.15) is 10.1 Å². The van der Waals surface area contributed by atoms with E-state index in [4.69, 9.17) is 28.4 Å². The highest BCUT2D eigenvalue weighted by atomic mass is 16.6. The van der Waals surface area contributed by atoms with Crippen LogP contribution in [-0.4, -0.2) is 75.6 Å². The minimum Gasteiger partial charge on any atom is -0.497 e. The molecule has 63 heavy (non-hydrogen) atoms. The van der Waals surface area contributed by atoms with E-state index in [0.717, 1.165) is 16.7 Å². The molecule has 7 rings (SSSR count). The van der Waals surface area contributed by atoms with Crippen LogP contribution in [-0.2, 0) is 34.2 Å². The normalized spacial score (nSPS) is 16.1. The molecule has 4 aromatic carbocycles. The number of aromatic nitrogens is 4. The number of nitrogens with zero attached hydrogens (tertiary/aromatic N) is 4. The summed E-state index contributed by atoms with van der Waals surface area (Å²) in [5.41, 5.74) is 0.378. The van der Waals surface area contributed by atoms with Gasteiger partial charge in [0, 0.05) is 24.5 Å². The molecule has 1 amide bonds. The molecule has 6 aromatic rings. The van der Waals surface area contributed by atoms with E-state index < -0.39 is 52.4 Å². The monoisotopic (exact) mass is 860 g/mol. The average molecular weight is 861 g/mol. The van der Waals surface area contributed by atoms with Crippen molar-refractivity contribution in [1.82, 2.24) is 19.7 Å². The van der Waals surface area contributed by atoms with Gasteiger partial charge >= 0.3 is 11.9 Å². The van der Waals surface area contributed by atoms with E-state index >= 15 is 0 Å². The quantitative estimate of drug-likeness (QED) is 0.0341. The first-order valence-corrected chi connectivity index (χ1v) is 20.0. The Morgan fingerprint density at radius 3 is 2.05 bits per heavy atom. The fourth-order valence-electron chi connectivity index (χ4n) is 7.12. The highest BCUT2D eigenvalue weighted by molar-refractivity contribution is 5.91. The lowest BCUT2D eigenvalue weighted by molar-refractivity contribution is -0.384. The molecule has 2 aromatic heterocycles. The summed E-state index contributed by atoms with van der Waals surface area (Å²) < 4.78 is 37.4. The zero-order chi connectivity index (χ0) is 44.7. The first-order chi connectivity index (χ1) is 30.4. The van der Waals surface area contributed by atoms with Crippen molar-refractivity contribution >= 4 is 40.5 Å². The third-order valence-electron chi connectivity index (χ3n) is 10.4. The predicted molar refractivity (Wildman–Crippen MR) is 226 cm³/mol. The van der Waals surface area contributed by atoms with E-state index in [1.54, 1.807) is 28.1 Å². The number of carbonyl (C=O) groups excluding carboxylic acids is 3. The van der Waals surface area contributed by atoms with Crippen molar-refractivity contribution in [2.45, 2.75) is 57.1 Å². The van der Waals surface area contributed by atoms with Crippen LogP contribution in [0.3, 0.4) is 0 Å². The largest absolute Gasteiger partial charge is 0.497 e. The van der Waals surface area contributed by atoms with Crippen molar-refractivity contribution in [1.29, 1.82) is 0 Å². The summed E-state index contributed by atoms with van der Waals surface area (Å²) in [5, 5.41) is 18.2. The maximum atomic E-state index is 13.5. The number of carbonyl (C=O) groups is 3. The number of methoxy groups -OCH3 is 2. The van der Waals surface area contributed by atoms with Crippen molar-refractivity contribution in [2.75, 3.05) is 26.1 Å². The Hall–Kier alpha value is -7.44. The molecule has 0 aliphatic carbocycles. The van der Waals surface area contributed by atoms with Gasteiger partial charge in [-0.05, 0) is 53.1 Å². The molecule has 0 unspecified atom stereocenters. The first-order valence-electron chi connectivity index (χ1n) is 20.0. The molecule has 326 valence electrons. The van der Waals surface area contributed by atoms with Crippen LogP contribution in [0.2, 0.25) is 0 Å². The van der Waals surface area contributed by atoms with E-state index in [1.807, 2.05) is 78.9 Å². The maximum absolute atomic E-state index is 13.5. The van der Waals surface area contributed by atoms with Gasteiger partial charge in [0.2, 0.25) is 11.9 Å². The number of fused-ring (bicyclic) bond motifs is 1. The number of rotatable bonds is 17. The summed E-state index contributed by atoms with van der Waals surface area (Å²) >= 11 is 0. The molecule has 1 saturated heterocycles. The molecule has 0 saturated carbocycles. The van der Waals surface area contributed by atoms with Crippen LogP contribution < -0.4 is 25.1 Å². The molecule has 2 N–H and O–H groups in total. The van der Waals surface area contributed by atoms with Crippen LogP contribution in [0.4, 0.5) is 11.6 Å². The number of ether oxygens (including phenoxy) is 6. The number of amides is 1. The van der Waals surface area contributed by atoms with Gasteiger partial charge in [0.1, 0.15) is 40.4 Å². The van der Waals surface area contributed by atoms with Gasteiger partial charge in [0.25, 0.3) is 11.2 Å². The van der Waals surface area contributed by atoms with Gasteiger partial charge in [-0.3, -0.25) is 39.6 Å². The standard InChI is InChI=1S/C45H44N6O12/c1-27(2)42(54)48-44-47-41-35(43(55)49-44)25-46-50(41)38-24-36(63-40(53)23-22-39(52)61-34-20-14-31(15-21-34)51(56)57)37(62-38)26-60-45(28-8-6-5-7-9-28,29-10-16-32(58-3)17-11-29)30-12-18-33(59-4)19-13-30/h5-21,25,27,36-38H,22-24,26H2,1-4H3,(H2,47,48,49,54,55)/t36-,37+,38+/m0/s1. The zero-order valence-corrected chi connectivity index (χ0v) is 34.7. The Kier molecular flexibility index (Phi) is 13.2. The molecular formula is C45H44N6O12. The number of nitro benzene ring substituents is 1. The Morgan fingerprint density at radius 1 is 0.873 bits per heavy atom. The van der Waals surface area contributed by atoms with E-state index in [0.29, 0.717) is 11.5 Å². The van der Waals surface area contributed by atoms with Crippen LogP contribution in [0.1, 0.15) is 56.0 Å². The second kappa shape index (κ2) is 19.1. The number of aromatic amines is 1. The van der Waals surface area contributed by atoms with Gasteiger partial charge in [-0.1, -0.05) is 68.4 Å². The number of nitro groups is 1. The second-order valence-electron chi connectivity index (χ2n) is 14.8. The molecule has 1 aliphatic rings. The second-order valence-corrected chi connectivity index (χ2v) is 14.8.